The molecule has 0 N–H and O–H groups in total. The predicted molar refractivity (Wildman–Crippen MR) is 104 cm³/mol. The lowest BCUT2D eigenvalue weighted by Gasteiger charge is -2.42. The van der Waals surface area contributed by atoms with Crippen molar-refractivity contribution in [2.75, 3.05) is 19.0 Å². The van der Waals surface area contributed by atoms with Crippen molar-refractivity contribution in [3.8, 4) is 0 Å². The third kappa shape index (κ3) is 4.00. The highest BCUT2D eigenvalue weighted by Gasteiger charge is 2.46. The molecule has 1 fully saturated rings. The molecule has 1 aliphatic rings. The van der Waals surface area contributed by atoms with Crippen LogP contribution in [-0.4, -0.2) is 33.2 Å². The lowest BCUT2D eigenvalue weighted by molar-refractivity contribution is -0.00942. The first-order valence-electron chi connectivity index (χ1n) is 9.72. The number of anilines is 1. The second kappa shape index (κ2) is 8.04. The molecule has 1 aliphatic carbocycles. The maximum Gasteiger partial charge on any atom is 0.228 e. The minimum Gasteiger partial charge on any atom is -0.421 e. The Bertz CT molecular complexity index is 579. The summed E-state index contributed by atoms with van der Waals surface area (Å²) in [6.07, 6.45) is 5.34. The van der Waals surface area contributed by atoms with Gasteiger partial charge < -0.3 is 13.7 Å². The average molecular weight is 367 g/mol. The number of aromatic nitrogens is 1. The van der Waals surface area contributed by atoms with Crippen LogP contribution in [0.3, 0.4) is 0 Å². The van der Waals surface area contributed by atoms with E-state index in [-0.39, 0.29) is 5.78 Å². The van der Waals surface area contributed by atoms with Gasteiger partial charge in [0.25, 0.3) is 0 Å². The van der Waals surface area contributed by atoms with Crippen LogP contribution < -0.4 is 4.90 Å². The number of carbonyl (C=O) groups excluding carboxylic acids is 1. The zero-order valence-corrected chi connectivity index (χ0v) is 17.8. The van der Waals surface area contributed by atoms with Crippen LogP contribution in [0.2, 0.25) is 18.1 Å². The fraction of sp³-hybridized carbons (Fsp3) is 0.789. The molecule has 0 saturated heterocycles. The number of hydrogen-bond acceptors (Lipinski definition) is 5. The van der Waals surface area contributed by atoms with Crippen molar-refractivity contribution >= 4 is 20.0 Å². The molecule has 0 unspecified atom stereocenters. The standard InChI is InChI=1S/C19H34N2O3Si/c1-7-25(8-2,9-3)24-19(13-11-10-12-14-19)18-20-16(15(4)22)17(23-18)21(5)6/h7-14H2,1-6H3. The number of Topliss-reactive ketones (excluding diaryl/α,β-unsaturated/α-hetero) is 1. The Labute approximate surface area is 153 Å². The molecule has 2 rings (SSSR count). The van der Waals surface area contributed by atoms with E-state index in [9.17, 15) is 4.79 Å². The lowest BCUT2D eigenvalue weighted by atomic mass is 9.85. The van der Waals surface area contributed by atoms with Gasteiger partial charge in [-0.1, -0.05) is 40.0 Å². The molecular formula is C19H34N2O3Si. The Kier molecular flexibility index (Phi) is 6.49. The zero-order valence-electron chi connectivity index (χ0n) is 16.8. The Morgan fingerprint density at radius 1 is 1.16 bits per heavy atom. The molecule has 1 heterocycles. The van der Waals surface area contributed by atoms with E-state index < -0.39 is 13.9 Å². The SMILES string of the molecule is CC[Si](CC)(CC)OC1(c2nc(C(C)=O)c(N(C)C)o2)CCCCC1. The molecular weight excluding hydrogens is 332 g/mol. The monoisotopic (exact) mass is 366 g/mol. The molecule has 5 nitrogen and oxygen atoms in total. The molecule has 0 radical (unpaired) electrons. The van der Waals surface area contributed by atoms with Crippen molar-refractivity contribution in [2.45, 2.75) is 83.5 Å². The summed E-state index contributed by atoms with van der Waals surface area (Å²) >= 11 is 0. The summed E-state index contributed by atoms with van der Waals surface area (Å²) in [5.41, 5.74) is -0.0318. The summed E-state index contributed by atoms with van der Waals surface area (Å²) in [5.74, 6) is 1.11. The van der Waals surface area contributed by atoms with Gasteiger partial charge in [0.2, 0.25) is 11.8 Å². The van der Waals surface area contributed by atoms with Gasteiger partial charge in [0.05, 0.1) is 0 Å². The molecule has 0 atom stereocenters. The second-order valence-corrected chi connectivity index (χ2v) is 12.2. The van der Waals surface area contributed by atoms with Gasteiger partial charge >= 0.3 is 0 Å². The summed E-state index contributed by atoms with van der Waals surface area (Å²) in [5, 5.41) is 0. The van der Waals surface area contributed by atoms with Gasteiger partial charge in [-0.2, -0.15) is 0 Å². The second-order valence-electron chi connectivity index (χ2n) is 7.52. The normalized spacial score (nSPS) is 17.5. The number of hydrogen-bond donors (Lipinski definition) is 0. The van der Waals surface area contributed by atoms with Crippen molar-refractivity contribution in [3.05, 3.63) is 11.6 Å². The number of nitrogens with zero attached hydrogens (tertiary/aromatic N) is 2. The number of oxazole rings is 1. The maximum absolute atomic E-state index is 12.0. The first kappa shape index (κ1) is 20.2. The van der Waals surface area contributed by atoms with Crippen LogP contribution in [0.4, 0.5) is 5.88 Å². The van der Waals surface area contributed by atoms with Crippen molar-refractivity contribution < 1.29 is 13.6 Å². The van der Waals surface area contributed by atoms with E-state index in [4.69, 9.17) is 8.84 Å². The van der Waals surface area contributed by atoms with Crippen LogP contribution in [0.5, 0.6) is 0 Å². The molecule has 1 saturated carbocycles. The van der Waals surface area contributed by atoms with Gasteiger partial charge in [0, 0.05) is 21.0 Å². The van der Waals surface area contributed by atoms with Crippen LogP contribution in [0, 0.1) is 0 Å². The Balaban J connectivity index is 2.50. The van der Waals surface area contributed by atoms with Crippen molar-refractivity contribution in [2.24, 2.45) is 0 Å². The van der Waals surface area contributed by atoms with Crippen LogP contribution in [-0.2, 0) is 10.0 Å². The van der Waals surface area contributed by atoms with Gasteiger partial charge in [-0.3, -0.25) is 4.79 Å². The fourth-order valence-corrected chi connectivity index (χ4v) is 6.96. The fourth-order valence-electron chi connectivity index (χ4n) is 3.90. The van der Waals surface area contributed by atoms with Gasteiger partial charge in [-0.25, -0.2) is 4.98 Å². The molecule has 0 amide bonds. The van der Waals surface area contributed by atoms with Crippen LogP contribution in [0.25, 0.3) is 0 Å². The summed E-state index contributed by atoms with van der Waals surface area (Å²) in [4.78, 5) is 18.5. The van der Waals surface area contributed by atoms with E-state index in [0.29, 0.717) is 17.5 Å². The number of carbonyl (C=O) groups is 1. The number of rotatable bonds is 8. The van der Waals surface area contributed by atoms with Gasteiger partial charge in [-0.15, -0.1) is 0 Å². The van der Waals surface area contributed by atoms with Crippen molar-refractivity contribution in [1.82, 2.24) is 4.98 Å². The average Bonchev–Trinajstić information content (AvgIpc) is 3.07. The van der Waals surface area contributed by atoms with Crippen molar-refractivity contribution in [3.63, 3.8) is 0 Å². The third-order valence-corrected chi connectivity index (χ3v) is 10.4. The topological polar surface area (TPSA) is 55.6 Å². The lowest BCUT2D eigenvalue weighted by Crippen LogP contribution is -2.47. The molecule has 142 valence electrons. The minimum atomic E-state index is -1.82. The number of ketones is 1. The van der Waals surface area contributed by atoms with E-state index in [1.165, 1.54) is 6.42 Å². The predicted octanol–water partition coefficient (Wildman–Crippen LogP) is 5.12. The summed E-state index contributed by atoms with van der Waals surface area (Å²) in [6.45, 7) is 8.29. The molecule has 25 heavy (non-hydrogen) atoms. The zero-order chi connectivity index (χ0) is 18.7. The maximum atomic E-state index is 12.0. The summed E-state index contributed by atoms with van der Waals surface area (Å²) in [6, 6.07) is 3.30. The highest BCUT2D eigenvalue weighted by atomic mass is 28.4. The van der Waals surface area contributed by atoms with Crippen molar-refractivity contribution in [1.29, 1.82) is 0 Å². The highest BCUT2D eigenvalue weighted by Crippen LogP contribution is 2.45. The highest BCUT2D eigenvalue weighted by molar-refractivity contribution is 6.73. The van der Waals surface area contributed by atoms with Crippen LogP contribution in [0.15, 0.2) is 4.42 Å². The van der Waals surface area contributed by atoms with E-state index in [1.54, 1.807) is 6.92 Å². The molecule has 0 aromatic carbocycles. The largest absolute Gasteiger partial charge is 0.421 e. The smallest absolute Gasteiger partial charge is 0.228 e. The van der Waals surface area contributed by atoms with E-state index in [1.807, 2.05) is 19.0 Å². The van der Waals surface area contributed by atoms with E-state index in [0.717, 1.165) is 43.8 Å². The van der Waals surface area contributed by atoms with Gasteiger partial charge in [0.1, 0.15) is 5.60 Å². The van der Waals surface area contributed by atoms with Gasteiger partial charge in [0.15, 0.2) is 19.8 Å². The van der Waals surface area contributed by atoms with E-state index >= 15 is 0 Å². The first-order valence-corrected chi connectivity index (χ1v) is 12.3. The Hall–Kier alpha value is -1.14. The summed E-state index contributed by atoms with van der Waals surface area (Å²) in [7, 11) is 1.95. The Morgan fingerprint density at radius 3 is 2.12 bits per heavy atom. The van der Waals surface area contributed by atoms with E-state index in [2.05, 4.69) is 25.8 Å². The molecule has 1 aromatic heterocycles. The summed E-state index contributed by atoms with van der Waals surface area (Å²) < 4.78 is 13.1. The molecule has 1 aromatic rings. The molecule has 0 spiro atoms. The molecule has 0 bridgehead atoms. The first-order chi connectivity index (χ1) is 11.8. The van der Waals surface area contributed by atoms with Gasteiger partial charge in [-0.05, 0) is 31.0 Å². The van der Waals surface area contributed by atoms with Crippen LogP contribution in [0.1, 0.15) is 76.2 Å². The minimum absolute atomic E-state index is 0.0605. The third-order valence-electron chi connectivity index (χ3n) is 5.74. The Morgan fingerprint density at radius 2 is 1.72 bits per heavy atom. The molecule has 0 aliphatic heterocycles. The molecule has 6 heteroatoms. The quantitative estimate of drug-likeness (QED) is 0.472. The van der Waals surface area contributed by atoms with Crippen LogP contribution >= 0.6 is 0 Å².